The number of rotatable bonds is 12. The number of pyridine rings is 1. The fourth-order valence-electron chi connectivity index (χ4n) is 6.53. The lowest BCUT2D eigenvalue weighted by molar-refractivity contribution is -0.135. The van der Waals surface area contributed by atoms with E-state index in [0.717, 1.165) is 36.1 Å². The molecule has 6 rings (SSSR count). The highest BCUT2D eigenvalue weighted by atomic mass is 32.2. The summed E-state index contributed by atoms with van der Waals surface area (Å²) in [7, 11) is 0. The van der Waals surface area contributed by atoms with Crippen molar-refractivity contribution in [3.8, 4) is 0 Å². The summed E-state index contributed by atoms with van der Waals surface area (Å²) < 4.78 is 0. The normalized spacial score (nSPS) is 22.1. The molecule has 0 spiro atoms. The summed E-state index contributed by atoms with van der Waals surface area (Å²) >= 11 is 1.87. The molecule has 47 heavy (non-hydrogen) atoms. The Hall–Kier alpha value is -4.64. The Morgan fingerprint density at radius 2 is 1.87 bits per heavy atom. The molecular weight excluding hydrogens is 613 g/mol. The van der Waals surface area contributed by atoms with E-state index in [1.165, 1.54) is 0 Å². The zero-order valence-electron chi connectivity index (χ0n) is 26.1. The number of unbranched alkanes of at least 4 members (excludes halogenated alkanes) is 1. The van der Waals surface area contributed by atoms with E-state index in [1.807, 2.05) is 65.2 Å². The molecule has 4 N–H and O–H groups in total. The van der Waals surface area contributed by atoms with Gasteiger partial charge in [0.2, 0.25) is 11.8 Å². The van der Waals surface area contributed by atoms with Crippen LogP contribution < -0.4 is 21.3 Å². The number of hydrogen-bond acceptors (Lipinski definition) is 6. The van der Waals surface area contributed by atoms with Gasteiger partial charge < -0.3 is 26.2 Å². The third kappa shape index (κ3) is 8.21. The largest absolute Gasteiger partial charge is 0.340 e. The zero-order valence-corrected chi connectivity index (χ0v) is 27.0. The zero-order chi connectivity index (χ0) is 32.6. The average Bonchev–Trinajstić information content (AvgIpc) is 3.66. The number of aromatic nitrogens is 1. The number of nitrogens with one attached hydrogen (secondary N) is 4. The lowest BCUT2D eigenvalue weighted by Crippen LogP contribution is -2.51. The number of thioether (sulfide) groups is 1. The van der Waals surface area contributed by atoms with E-state index in [-0.39, 0.29) is 41.9 Å². The van der Waals surface area contributed by atoms with E-state index in [1.54, 1.807) is 36.7 Å². The molecule has 2 saturated heterocycles. The van der Waals surface area contributed by atoms with Crippen LogP contribution in [-0.4, -0.2) is 69.3 Å². The smallest absolute Gasteiger partial charge is 0.315 e. The Labute approximate surface area is 279 Å². The number of benzene rings is 2. The van der Waals surface area contributed by atoms with Crippen molar-refractivity contribution in [2.24, 2.45) is 0 Å². The first-order valence-electron chi connectivity index (χ1n) is 16.2. The van der Waals surface area contributed by atoms with Crippen LogP contribution in [0.15, 0.2) is 91.3 Å². The Kier molecular flexibility index (Phi) is 10.5. The van der Waals surface area contributed by atoms with Crippen LogP contribution in [0.4, 0.5) is 10.5 Å². The number of anilines is 1. The highest BCUT2D eigenvalue weighted by Crippen LogP contribution is 2.33. The molecule has 10 nitrogen and oxygen atoms in total. The van der Waals surface area contributed by atoms with Gasteiger partial charge in [-0.15, -0.1) is 0 Å². The summed E-state index contributed by atoms with van der Waals surface area (Å²) in [6, 6.07) is 19.6. The first kappa shape index (κ1) is 32.3. The first-order chi connectivity index (χ1) is 22.9. The number of urea groups is 1. The average molecular weight is 653 g/mol. The molecule has 0 aliphatic carbocycles. The van der Waals surface area contributed by atoms with E-state index in [2.05, 4.69) is 32.3 Å². The van der Waals surface area contributed by atoms with E-state index in [0.29, 0.717) is 42.3 Å². The second-order valence-corrected chi connectivity index (χ2v) is 13.5. The van der Waals surface area contributed by atoms with Gasteiger partial charge in [-0.25, -0.2) is 4.79 Å². The fraction of sp³-hybridized carbons (Fsp3) is 0.361. The maximum absolute atomic E-state index is 14.1. The minimum atomic E-state index is -0.796. The van der Waals surface area contributed by atoms with Crippen molar-refractivity contribution >= 4 is 41.2 Å². The van der Waals surface area contributed by atoms with E-state index in [4.69, 9.17) is 0 Å². The minimum Gasteiger partial charge on any atom is -0.340 e. The van der Waals surface area contributed by atoms with Crippen LogP contribution >= 0.6 is 11.8 Å². The second-order valence-electron chi connectivity index (χ2n) is 12.2. The highest BCUT2D eigenvalue weighted by molar-refractivity contribution is 8.00. The van der Waals surface area contributed by atoms with Crippen LogP contribution in [0.5, 0.6) is 0 Å². The first-order valence-corrected chi connectivity index (χ1v) is 17.3. The summed E-state index contributed by atoms with van der Waals surface area (Å²) in [4.78, 5) is 58.2. The van der Waals surface area contributed by atoms with Gasteiger partial charge in [-0.3, -0.25) is 19.4 Å². The Bertz CT molecular complexity index is 1600. The van der Waals surface area contributed by atoms with Crippen molar-refractivity contribution in [1.82, 2.24) is 25.8 Å². The summed E-state index contributed by atoms with van der Waals surface area (Å²) in [6.07, 6.45) is 11.5. The quantitative estimate of drug-likeness (QED) is 0.128. The van der Waals surface area contributed by atoms with Gasteiger partial charge in [-0.2, -0.15) is 11.8 Å². The van der Waals surface area contributed by atoms with E-state index in [9.17, 15) is 19.2 Å². The van der Waals surface area contributed by atoms with Crippen molar-refractivity contribution < 1.29 is 19.2 Å². The number of amides is 5. The Morgan fingerprint density at radius 1 is 1.00 bits per heavy atom. The molecule has 1 aromatic heterocycles. The van der Waals surface area contributed by atoms with Crippen LogP contribution in [-0.2, 0) is 16.0 Å². The molecule has 1 unspecified atom stereocenters. The standard InChI is InChI=1S/C36H40N6O4S/c43-32(17-5-4-16-31-33-29(23-47-31)40-36(46)41-33)38-27-14-8-12-25(21-27)34(44)39-28(20-24-10-2-1-3-11-24)35(45)42-19-7-6-15-30(42)26-13-9-18-37-22-26/h1-3,6-14,18,21-22,28-31,33H,4-5,15-17,19-20,23H2,(H,38,43)(H,39,44)(H2,40,41,46)/t28-,29-,30?,31-,33-/m0/s1. The molecular formula is C36H40N6O4S. The molecule has 0 saturated carbocycles. The van der Waals surface area contributed by atoms with Gasteiger partial charge in [0, 0.05) is 54.0 Å². The highest BCUT2D eigenvalue weighted by Gasteiger charge is 2.42. The van der Waals surface area contributed by atoms with E-state index < -0.39 is 6.04 Å². The predicted molar refractivity (Wildman–Crippen MR) is 183 cm³/mol. The van der Waals surface area contributed by atoms with Crippen molar-refractivity contribution in [3.63, 3.8) is 0 Å². The third-order valence-corrected chi connectivity index (χ3v) is 10.4. The maximum Gasteiger partial charge on any atom is 0.315 e. The summed E-state index contributed by atoms with van der Waals surface area (Å²) in [5.74, 6) is 0.248. The number of nitrogens with zero attached hydrogens (tertiary/aromatic N) is 2. The molecule has 0 bridgehead atoms. The lowest BCUT2D eigenvalue weighted by Gasteiger charge is -2.36. The molecule has 11 heteroatoms. The molecule has 3 aliphatic heterocycles. The number of carbonyl (C=O) groups is 4. The van der Waals surface area contributed by atoms with Crippen molar-refractivity contribution in [2.75, 3.05) is 17.6 Å². The van der Waals surface area contributed by atoms with Crippen LogP contribution in [0, 0.1) is 0 Å². The van der Waals surface area contributed by atoms with Crippen molar-refractivity contribution in [2.45, 2.75) is 67.9 Å². The van der Waals surface area contributed by atoms with Gasteiger partial charge in [-0.05, 0) is 54.7 Å². The SMILES string of the molecule is O=C(CCCC[C@@H]1SC[C@@H]2NC(=O)N[C@@H]21)Nc1cccc(C(=O)N[C@@H](Cc2ccccc2)C(=O)N2CC=CCC2c2cccnc2)c1. The molecule has 0 radical (unpaired) electrons. The van der Waals surface area contributed by atoms with Crippen LogP contribution in [0.3, 0.4) is 0 Å². The van der Waals surface area contributed by atoms with Gasteiger partial charge in [0.25, 0.3) is 5.91 Å². The van der Waals surface area contributed by atoms with Gasteiger partial charge in [0.15, 0.2) is 0 Å². The maximum atomic E-state index is 14.1. The number of fused-ring (bicyclic) bond motifs is 1. The molecule has 3 aliphatic rings. The molecule has 3 aromatic rings. The summed E-state index contributed by atoms with van der Waals surface area (Å²) in [5, 5.41) is 12.3. The van der Waals surface area contributed by atoms with Crippen LogP contribution in [0.25, 0.3) is 0 Å². The van der Waals surface area contributed by atoms with E-state index >= 15 is 0 Å². The van der Waals surface area contributed by atoms with Crippen molar-refractivity contribution in [3.05, 3.63) is 108 Å². The molecule has 2 aromatic carbocycles. The number of carbonyl (C=O) groups excluding carboxylic acids is 4. The third-order valence-electron chi connectivity index (χ3n) is 8.93. The monoisotopic (exact) mass is 652 g/mol. The van der Waals surface area contributed by atoms with Crippen molar-refractivity contribution in [1.29, 1.82) is 0 Å². The Balaban J connectivity index is 1.07. The van der Waals surface area contributed by atoms with Gasteiger partial charge in [-0.1, -0.05) is 61.0 Å². The molecule has 244 valence electrons. The van der Waals surface area contributed by atoms with Crippen LogP contribution in [0.2, 0.25) is 0 Å². The van der Waals surface area contributed by atoms with Gasteiger partial charge >= 0.3 is 6.03 Å². The Morgan fingerprint density at radius 3 is 2.70 bits per heavy atom. The molecule has 5 amide bonds. The molecule has 2 fully saturated rings. The minimum absolute atomic E-state index is 0.0900. The second kappa shape index (κ2) is 15.3. The summed E-state index contributed by atoms with van der Waals surface area (Å²) in [5.41, 5.74) is 2.77. The topological polar surface area (TPSA) is 133 Å². The fourth-order valence-corrected chi connectivity index (χ4v) is 8.07. The van der Waals surface area contributed by atoms with Crippen LogP contribution in [0.1, 0.15) is 59.6 Å². The lowest BCUT2D eigenvalue weighted by atomic mass is 9.97. The predicted octanol–water partition coefficient (Wildman–Crippen LogP) is 4.62. The molecule has 5 atom stereocenters. The molecule has 4 heterocycles. The number of hydrogen-bond donors (Lipinski definition) is 4. The summed E-state index contributed by atoms with van der Waals surface area (Å²) in [6.45, 7) is 0.440. The van der Waals surface area contributed by atoms with Gasteiger partial charge in [0.05, 0.1) is 18.1 Å². The van der Waals surface area contributed by atoms with Gasteiger partial charge in [0.1, 0.15) is 6.04 Å².